The van der Waals surface area contributed by atoms with Crippen molar-refractivity contribution in [2.24, 2.45) is 0 Å². The van der Waals surface area contributed by atoms with Crippen molar-refractivity contribution in [1.29, 1.82) is 0 Å². The van der Waals surface area contributed by atoms with Gasteiger partial charge in [0.15, 0.2) is 0 Å². The summed E-state index contributed by atoms with van der Waals surface area (Å²) in [5.41, 5.74) is 4.52. The molecule has 0 bridgehead atoms. The summed E-state index contributed by atoms with van der Waals surface area (Å²) in [6.07, 6.45) is 2.84. The van der Waals surface area contributed by atoms with Crippen molar-refractivity contribution in [2.75, 3.05) is 38.1 Å². The summed E-state index contributed by atoms with van der Waals surface area (Å²) >= 11 is 0. The van der Waals surface area contributed by atoms with Gasteiger partial charge in [-0.2, -0.15) is 13.2 Å². The second-order valence-corrected chi connectivity index (χ2v) is 10.3. The number of aromatic nitrogens is 1. The Labute approximate surface area is 236 Å². The molecule has 2 heterocycles. The van der Waals surface area contributed by atoms with Gasteiger partial charge < -0.3 is 9.80 Å². The first-order chi connectivity index (χ1) is 19.2. The zero-order chi connectivity index (χ0) is 29.1. The second-order valence-electron chi connectivity index (χ2n) is 10.3. The number of anilines is 1. The van der Waals surface area contributed by atoms with Crippen molar-refractivity contribution < 1.29 is 17.6 Å². The monoisotopic (exact) mass is 555 g/mol. The van der Waals surface area contributed by atoms with Crippen molar-refractivity contribution in [3.8, 4) is 0 Å². The predicted molar refractivity (Wildman–Crippen MR) is 156 cm³/mol. The fraction of sp³-hybridized carbons (Fsp3) is 0.424. The Kier molecular flexibility index (Phi) is 11.7. The molecule has 1 aliphatic heterocycles. The van der Waals surface area contributed by atoms with Gasteiger partial charge in [0.05, 0.1) is 0 Å². The highest BCUT2D eigenvalue weighted by Gasteiger charge is 2.33. The van der Waals surface area contributed by atoms with Crippen molar-refractivity contribution in [3.63, 3.8) is 0 Å². The fourth-order valence-electron chi connectivity index (χ4n) is 5.03. The number of likely N-dealkylation sites (N-methyl/N-ethyl adjacent to an activating group) is 1. The molecule has 2 aromatic carbocycles. The van der Waals surface area contributed by atoms with E-state index in [1.807, 2.05) is 24.1 Å². The van der Waals surface area contributed by atoms with Gasteiger partial charge in [0.25, 0.3) is 0 Å². The highest BCUT2D eigenvalue weighted by molar-refractivity contribution is 5.43. The van der Waals surface area contributed by atoms with Crippen molar-refractivity contribution in [1.82, 2.24) is 9.88 Å². The molecule has 3 aromatic rings. The molecule has 7 heteroatoms. The Morgan fingerprint density at radius 1 is 0.925 bits per heavy atom. The van der Waals surface area contributed by atoms with Crippen LogP contribution in [0.4, 0.5) is 23.4 Å². The van der Waals surface area contributed by atoms with Crippen LogP contribution in [0.15, 0.2) is 73.3 Å². The average Bonchev–Trinajstić information content (AvgIpc) is 3.10. The minimum atomic E-state index is -4.37. The second kappa shape index (κ2) is 15.0. The van der Waals surface area contributed by atoms with Gasteiger partial charge >= 0.3 is 6.18 Å². The maximum Gasteiger partial charge on any atom is 0.433 e. The zero-order valence-electron chi connectivity index (χ0n) is 23.9. The first-order valence-electron chi connectivity index (χ1n) is 14.1. The summed E-state index contributed by atoms with van der Waals surface area (Å²) in [4.78, 5) is 7.70. The standard InChI is InChI=1S/C18H19F.C11H14F3N3.C4H8/c1-2-5-14-11-16-12-17(19)9-8-13(16)10-15-6-3-4-7-18(14)15;1-16-5-7-17(8-6-16)10-4-2-3-9(15-10)11(12,13)14;1-3-4-2/h3-4,6-9,12,14H,2,5,10-11H2,1H3;2-4H,5-8H2,1H3;3H,1,4H2,2H3/t14-;;/m0../s1. The van der Waals surface area contributed by atoms with E-state index in [1.165, 1.54) is 41.2 Å². The third-order valence-electron chi connectivity index (χ3n) is 7.29. The van der Waals surface area contributed by atoms with E-state index in [4.69, 9.17) is 0 Å². The van der Waals surface area contributed by atoms with Crippen LogP contribution in [0.3, 0.4) is 0 Å². The summed E-state index contributed by atoms with van der Waals surface area (Å²) in [7, 11) is 2.00. The van der Waals surface area contributed by atoms with Gasteiger partial charge in [-0.1, -0.05) is 62.7 Å². The van der Waals surface area contributed by atoms with Crippen molar-refractivity contribution in [3.05, 3.63) is 107 Å². The molecule has 1 saturated heterocycles. The Bertz CT molecular complexity index is 1220. The number of fused-ring (bicyclic) bond motifs is 2. The van der Waals surface area contributed by atoms with E-state index in [9.17, 15) is 17.6 Å². The number of piperazine rings is 1. The van der Waals surface area contributed by atoms with Crippen LogP contribution in [-0.2, 0) is 19.0 Å². The first-order valence-corrected chi connectivity index (χ1v) is 14.1. The molecule has 0 unspecified atom stereocenters. The average molecular weight is 556 g/mol. The Morgan fingerprint density at radius 3 is 2.27 bits per heavy atom. The Hall–Kier alpha value is -3.19. The number of alkyl halides is 3. The molecule has 216 valence electrons. The van der Waals surface area contributed by atoms with E-state index in [0.29, 0.717) is 24.8 Å². The molecule has 1 atom stereocenters. The largest absolute Gasteiger partial charge is 0.433 e. The quantitative estimate of drug-likeness (QED) is 0.239. The third kappa shape index (κ3) is 8.91. The molecule has 1 aromatic heterocycles. The van der Waals surface area contributed by atoms with Crippen LogP contribution in [0.1, 0.15) is 67.0 Å². The molecule has 1 aliphatic carbocycles. The summed E-state index contributed by atoms with van der Waals surface area (Å²) < 4.78 is 51.0. The van der Waals surface area contributed by atoms with E-state index in [2.05, 4.69) is 54.6 Å². The Morgan fingerprint density at radius 2 is 1.62 bits per heavy atom. The van der Waals surface area contributed by atoms with Gasteiger partial charge in [-0.15, -0.1) is 6.58 Å². The molecule has 40 heavy (non-hydrogen) atoms. The topological polar surface area (TPSA) is 19.4 Å². The highest BCUT2D eigenvalue weighted by Crippen LogP contribution is 2.35. The van der Waals surface area contributed by atoms with E-state index >= 15 is 0 Å². The lowest BCUT2D eigenvalue weighted by atomic mass is 9.88. The van der Waals surface area contributed by atoms with Gasteiger partial charge in [-0.3, -0.25) is 0 Å². The highest BCUT2D eigenvalue weighted by atomic mass is 19.4. The van der Waals surface area contributed by atoms with Gasteiger partial charge in [0.2, 0.25) is 0 Å². The number of rotatable bonds is 4. The van der Waals surface area contributed by atoms with E-state index < -0.39 is 11.9 Å². The summed E-state index contributed by atoms with van der Waals surface area (Å²) in [5, 5.41) is 0. The normalized spacial score (nSPS) is 16.8. The van der Waals surface area contributed by atoms with Gasteiger partial charge in [0, 0.05) is 26.2 Å². The van der Waals surface area contributed by atoms with E-state index in [1.54, 1.807) is 18.2 Å². The molecule has 0 radical (unpaired) electrons. The summed E-state index contributed by atoms with van der Waals surface area (Å²) in [6, 6.07) is 18.0. The third-order valence-corrected chi connectivity index (χ3v) is 7.29. The van der Waals surface area contributed by atoms with Crippen LogP contribution in [0.25, 0.3) is 0 Å². The Balaban J connectivity index is 0.000000196. The van der Waals surface area contributed by atoms with Crippen LogP contribution in [0.2, 0.25) is 0 Å². The van der Waals surface area contributed by atoms with Crippen LogP contribution >= 0.6 is 0 Å². The van der Waals surface area contributed by atoms with E-state index in [0.717, 1.165) is 38.4 Å². The van der Waals surface area contributed by atoms with Crippen LogP contribution < -0.4 is 4.90 Å². The number of hydrogen-bond donors (Lipinski definition) is 0. The molecule has 0 spiro atoms. The lowest BCUT2D eigenvalue weighted by molar-refractivity contribution is -0.141. The molecule has 5 rings (SSSR count). The first kappa shape index (κ1) is 31.3. The fourth-order valence-corrected chi connectivity index (χ4v) is 5.03. The SMILES string of the molecule is C=CCC.CCC[C@H]1Cc2cc(F)ccc2Cc2ccccc21.CN1CCN(c2cccc(C(F)(F)F)n2)CC1. The van der Waals surface area contributed by atoms with Gasteiger partial charge in [0.1, 0.15) is 17.3 Å². The number of benzene rings is 2. The minimum Gasteiger partial charge on any atom is -0.354 e. The molecule has 0 N–H and O–H groups in total. The smallest absolute Gasteiger partial charge is 0.354 e. The lowest BCUT2D eigenvalue weighted by Crippen LogP contribution is -2.44. The predicted octanol–water partition coefficient (Wildman–Crippen LogP) is 8.29. The molecule has 0 saturated carbocycles. The summed E-state index contributed by atoms with van der Waals surface area (Å²) in [5.74, 6) is 0.831. The van der Waals surface area contributed by atoms with Gasteiger partial charge in [-0.25, -0.2) is 9.37 Å². The number of halogens is 4. The zero-order valence-corrected chi connectivity index (χ0v) is 23.9. The molecular weight excluding hydrogens is 514 g/mol. The van der Waals surface area contributed by atoms with Gasteiger partial charge in [-0.05, 0) is 85.2 Å². The molecule has 2 aliphatic rings. The summed E-state index contributed by atoms with van der Waals surface area (Å²) in [6.45, 7) is 10.9. The van der Waals surface area contributed by atoms with Crippen LogP contribution in [0, 0.1) is 5.82 Å². The molecule has 1 fully saturated rings. The van der Waals surface area contributed by atoms with Crippen LogP contribution in [-0.4, -0.2) is 43.1 Å². The number of pyridine rings is 1. The molecular formula is C33H41F4N3. The van der Waals surface area contributed by atoms with Crippen LogP contribution in [0.5, 0.6) is 0 Å². The number of allylic oxidation sites excluding steroid dienone is 1. The number of hydrogen-bond acceptors (Lipinski definition) is 3. The number of nitrogens with zero attached hydrogens (tertiary/aromatic N) is 3. The molecule has 3 nitrogen and oxygen atoms in total. The van der Waals surface area contributed by atoms with Crippen molar-refractivity contribution >= 4 is 5.82 Å². The maximum atomic E-state index is 13.5. The molecule has 0 amide bonds. The maximum absolute atomic E-state index is 13.5. The van der Waals surface area contributed by atoms with Crippen molar-refractivity contribution in [2.45, 2.75) is 58.0 Å². The lowest BCUT2D eigenvalue weighted by Gasteiger charge is -2.33. The minimum absolute atomic E-state index is 0.111. The van der Waals surface area contributed by atoms with E-state index in [-0.39, 0.29) is 5.82 Å².